The minimum absolute atomic E-state index is 0.0482. The van der Waals surface area contributed by atoms with Crippen molar-refractivity contribution in [2.24, 2.45) is 17.8 Å². The molecule has 0 aromatic heterocycles. The maximum Gasteiger partial charge on any atom is 0.234 e. The van der Waals surface area contributed by atoms with Gasteiger partial charge in [-0.3, -0.25) is 14.5 Å². The van der Waals surface area contributed by atoms with Crippen LogP contribution in [0.3, 0.4) is 0 Å². The molecule has 0 unspecified atom stereocenters. The highest BCUT2D eigenvalue weighted by molar-refractivity contribution is 6.06. The van der Waals surface area contributed by atoms with E-state index in [0.29, 0.717) is 18.8 Å². The lowest BCUT2D eigenvalue weighted by molar-refractivity contribution is -0.151. The van der Waals surface area contributed by atoms with Gasteiger partial charge in [0.05, 0.1) is 24.0 Å². The van der Waals surface area contributed by atoms with Gasteiger partial charge in [-0.1, -0.05) is 19.1 Å². The number of aliphatic hydroxyl groups is 1. The lowest BCUT2D eigenvalue weighted by atomic mass is 9.76. The molecule has 3 rings (SSSR count). The molecule has 2 amide bonds. The monoisotopic (exact) mass is 277 g/mol. The van der Waals surface area contributed by atoms with Crippen molar-refractivity contribution in [1.29, 1.82) is 0 Å². The fraction of sp³-hybridized carbons (Fsp3) is 0.750. The number of fused-ring (bicyclic) bond motifs is 1. The summed E-state index contributed by atoms with van der Waals surface area (Å²) in [6.07, 6.45) is 8.79. The van der Waals surface area contributed by atoms with E-state index in [1.54, 1.807) is 0 Å². The number of amides is 2. The number of rotatable bonds is 2. The third-order valence-electron chi connectivity index (χ3n) is 5.48. The Kier molecular flexibility index (Phi) is 3.44. The maximum absolute atomic E-state index is 12.7. The predicted molar refractivity (Wildman–Crippen MR) is 74.7 cm³/mol. The highest BCUT2D eigenvalue weighted by Crippen LogP contribution is 2.44. The molecule has 2 aliphatic carbocycles. The van der Waals surface area contributed by atoms with E-state index >= 15 is 0 Å². The van der Waals surface area contributed by atoms with Gasteiger partial charge in [-0.15, -0.1) is 0 Å². The smallest absolute Gasteiger partial charge is 0.234 e. The molecule has 4 nitrogen and oxygen atoms in total. The van der Waals surface area contributed by atoms with Crippen molar-refractivity contribution in [3.63, 3.8) is 0 Å². The third kappa shape index (κ3) is 1.93. The van der Waals surface area contributed by atoms with Crippen LogP contribution in [0.25, 0.3) is 0 Å². The summed E-state index contributed by atoms with van der Waals surface area (Å²) in [5.41, 5.74) is -0.627. The van der Waals surface area contributed by atoms with E-state index < -0.39 is 5.54 Å². The molecule has 1 N–H and O–H groups in total. The summed E-state index contributed by atoms with van der Waals surface area (Å²) in [5.74, 6) is 0.151. The normalized spacial score (nSPS) is 41.1. The molecule has 2 fully saturated rings. The largest absolute Gasteiger partial charge is 0.394 e. The van der Waals surface area contributed by atoms with Gasteiger partial charge in [0.15, 0.2) is 0 Å². The zero-order valence-electron chi connectivity index (χ0n) is 12.0. The first-order valence-corrected chi connectivity index (χ1v) is 7.73. The Morgan fingerprint density at radius 3 is 2.10 bits per heavy atom. The Morgan fingerprint density at radius 2 is 1.65 bits per heavy atom. The minimum Gasteiger partial charge on any atom is -0.394 e. The highest BCUT2D eigenvalue weighted by Gasteiger charge is 2.55. The van der Waals surface area contributed by atoms with Crippen molar-refractivity contribution in [1.82, 2.24) is 4.90 Å². The fourth-order valence-corrected chi connectivity index (χ4v) is 4.02. The van der Waals surface area contributed by atoms with Crippen molar-refractivity contribution < 1.29 is 14.7 Å². The Hall–Kier alpha value is -1.16. The number of hydrogen-bond donors (Lipinski definition) is 1. The van der Waals surface area contributed by atoms with Crippen LogP contribution in [0.15, 0.2) is 12.2 Å². The molecule has 1 saturated carbocycles. The second-order valence-electron chi connectivity index (χ2n) is 6.73. The van der Waals surface area contributed by atoms with Gasteiger partial charge in [-0.05, 0) is 44.4 Å². The number of carbonyl (C=O) groups excluding carboxylic acids is 2. The molecule has 0 aromatic carbocycles. The van der Waals surface area contributed by atoms with Crippen LogP contribution < -0.4 is 0 Å². The maximum atomic E-state index is 12.7. The molecule has 2 atom stereocenters. The van der Waals surface area contributed by atoms with Crippen LogP contribution in [0, 0.1) is 17.8 Å². The molecule has 1 aliphatic heterocycles. The van der Waals surface area contributed by atoms with Gasteiger partial charge in [0, 0.05) is 0 Å². The molecule has 0 spiro atoms. The Morgan fingerprint density at radius 1 is 1.15 bits per heavy atom. The number of likely N-dealkylation sites (tertiary alicyclic amines) is 1. The van der Waals surface area contributed by atoms with Gasteiger partial charge < -0.3 is 5.11 Å². The minimum atomic E-state index is -0.627. The van der Waals surface area contributed by atoms with Crippen molar-refractivity contribution in [3.05, 3.63) is 12.2 Å². The van der Waals surface area contributed by atoms with Gasteiger partial charge in [0.1, 0.15) is 0 Å². The molecule has 0 radical (unpaired) electrons. The van der Waals surface area contributed by atoms with E-state index in [4.69, 9.17) is 0 Å². The van der Waals surface area contributed by atoms with Crippen LogP contribution in [-0.2, 0) is 9.59 Å². The lowest BCUT2D eigenvalue weighted by Gasteiger charge is -2.43. The molecule has 3 aliphatic rings. The zero-order chi connectivity index (χ0) is 14.3. The Labute approximate surface area is 119 Å². The number of allylic oxidation sites excluding steroid dienone is 2. The standard InChI is InChI=1S/C16H23NO3/c1-11-6-8-16(10-18,9-7-11)17-14(19)12-4-2-3-5-13(12)15(17)20/h2-3,11-13,18H,4-10H2,1H3/t11?,12-,13+,16?. The van der Waals surface area contributed by atoms with E-state index in [9.17, 15) is 14.7 Å². The van der Waals surface area contributed by atoms with Crippen LogP contribution in [0.1, 0.15) is 45.4 Å². The second kappa shape index (κ2) is 4.99. The summed E-state index contributed by atoms with van der Waals surface area (Å²) in [4.78, 5) is 26.8. The molecule has 110 valence electrons. The van der Waals surface area contributed by atoms with E-state index in [2.05, 4.69) is 6.92 Å². The summed E-state index contributed by atoms with van der Waals surface area (Å²) < 4.78 is 0. The average molecular weight is 277 g/mol. The Balaban J connectivity index is 1.89. The van der Waals surface area contributed by atoms with Crippen LogP contribution in [0.5, 0.6) is 0 Å². The van der Waals surface area contributed by atoms with Gasteiger partial charge >= 0.3 is 0 Å². The zero-order valence-corrected chi connectivity index (χ0v) is 12.0. The van der Waals surface area contributed by atoms with Gasteiger partial charge in [0.2, 0.25) is 11.8 Å². The van der Waals surface area contributed by atoms with Gasteiger partial charge in [0.25, 0.3) is 0 Å². The second-order valence-corrected chi connectivity index (χ2v) is 6.73. The summed E-state index contributed by atoms with van der Waals surface area (Å²) >= 11 is 0. The fourth-order valence-electron chi connectivity index (χ4n) is 4.02. The Bertz CT molecular complexity index is 423. The van der Waals surface area contributed by atoms with E-state index in [1.165, 1.54) is 4.90 Å². The quantitative estimate of drug-likeness (QED) is 0.619. The topological polar surface area (TPSA) is 57.6 Å². The SMILES string of the molecule is CC1CCC(CO)(N2C(=O)[C@H]3CC=CC[C@H]3C2=O)CC1. The highest BCUT2D eigenvalue weighted by atomic mass is 16.3. The van der Waals surface area contributed by atoms with E-state index in [0.717, 1.165) is 25.7 Å². The van der Waals surface area contributed by atoms with E-state index in [1.807, 2.05) is 12.2 Å². The summed E-state index contributed by atoms with van der Waals surface area (Å²) in [6.45, 7) is 2.10. The number of nitrogens with zero attached hydrogens (tertiary/aromatic N) is 1. The molecular formula is C16H23NO3. The molecule has 1 heterocycles. The molecule has 20 heavy (non-hydrogen) atoms. The molecule has 1 saturated heterocycles. The van der Waals surface area contributed by atoms with Gasteiger partial charge in [-0.25, -0.2) is 0 Å². The van der Waals surface area contributed by atoms with Crippen molar-refractivity contribution in [3.8, 4) is 0 Å². The van der Waals surface area contributed by atoms with Crippen molar-refractivity contribution in [2.45, 2.75) is 51.0 Å². The summed E-state index contributed by atoms with van der Waals surface area (Å²) in [5, 5.41) is 9.90. The third-order valence-corrected chi connectivity index (χ3v) is 5.48. The van der Waals surface area contributed by atoms with Gasteiger partial charge in [-0.2, -0.15) is 0 Å². The molecule has 4 heteroatoms. The first kappa shape index (κ1) is 13.8. The van der Waals surface area contributed by atoms with Crippen LogP contribution in [0.4, 0.5) is 0 Å². The number of carbonyl (C=O) groups is 2. The molecule has 0 aromatic rings. The van der Waals surface area contributed by atoms with E-state index in [-0.39, 0.29) is 30.3 Å². The summed E-state index contributed by atoms with van der Waals surface area (Å²) in [7, 11) is 0. The number of hydrogen-bond acceptors (Lipinski definition) is 3. The van der Waals surface area contributed by atoms with Crippen LogP contribution in [0.2, 0.25) is 0 Å². The first-order chi connectivity index (χ1) is 9.59. The van der Waals surface area contributed by atoms with Crippen molar-refractivity contribution in [2.75, 3.05) is 6.61 Å². The first-order valence-electron chi connectivity index (χ1n) is 7.73. The van der Waals surface area contributed by atoms with Crippen LogP contribution in [-0.4, -0.2) is 34.0 Å². The molecular weight excluding hydrogens is 254 g/mol. The molecule has 0 bridgehead atoms. The predicted octanol–water partition coefficient (Wildman–Crippen LogP) is 1.88. The average Bonchev–Trinajstić information content (AvgIpc) is 2.74. The summed E-state index contributed by atoms with van der Waals surface area (Å²) in [6, 6.07) is 0. The number of aliphatic hydroxyl groups excluding tert-OH is 1. The van der Waals surface area contributed by atoms with Crippen molar-refractivity contribution >= 4 is 11.8 Å². The number of imide groups is 1. The van der Waals surface area contributed by atoms with Crippen LogP contribution >= 0.6 is 0 Å². The lowest BCUT2D eigenvalue weighted by Crippen LogP contribution is -2.56.